The largest absolute Gasteiger partial charge is 0.490 e. The van der Waals surface area contributed by atoms with E-state index in [1.807, 2.05) is 12.1 Å². The molecule has 2 rings (SSSR count). The normalized spacial score (nSPS) is 10.3. The molecule has 0 saturated heterocycles. The lowest BCUT2D eigenvalue weighted by molar-refractivity contribution is 0.215. The zero-order chi connectivity index (χ0) is 14.2. The molecule has 0 unspecified atom stereocenters. The molecule has 105 valence electrons. The molecule has 0 amide bonds. The summed E-state index contributed by atoms with van der Waals surface area (Å²) in [5.41, 5.74) is 1.43. The molecule has 2 aromatic rings. The summed E-state index contributed by atoms with van der Waals surface area (Å²) in [6.07, 6.45) is 0. The van der Waals surface area contributed by atoms with Crippen molar-refractivity contribution in [3.63, 3.8) is 0 Å². The summed E-state index contributed by atoms with van der Waals surface area (Å²) >= 11 is 0. The maximum Gasteiger partial charge on any atom is 0.122 e. The molecule has 0 aromatic heterocycles. The fourth-order valence-corrected chi connectivity index (χ4v) is 1.78. The quantitative estimate of drug-likeness (QED) is 0.757. The second-order valence-corrected chi connectivity index (χ2v) is 4.23. The number of hydrogen-bond acceptors (Lipinski definition) is 4. The van der Waals surface area contributed by atoms with Gasteiger partial charge in [-0.05, 0) is 41.5 Å². The highest BCUT2D eigenvalue weighted by Gasteiger charge is 2.01. The standard InChI is InChI=1S/C16H17O4/c17-11-13-8-14(12-18)10-16(9-13)20-7-6-19-15-4-2-1-3-5-15/h2-5,8-10,17-18H,6-7,11-12H2. The molecule has 0 fully saturated rings. The first-order valence-electron chi connectivity index (χ1n) is 6.38. The van der Waals surface area contributed by atoms with E-state index in [4.69, 9.17) is 19.7 Å². The SMILES string of the molecule is OCc1cc(CO)cc(OCCOc2cc[c]cc2)c1. The second-order valence-electron chi connectivity index (χ2n) is 4.23. The van der Waals surface area contributed by atoms with Gasteiger partial charge < -0.3 is 19.7 Å². The molecule has 0 heterocycles. The van der Waals surface area contributed by atoms with Gasteiger partial charge in [0.2, 0.25) is 0 Å². The van der Waals surface area contributed by atoms with Crippen LogP contribution < -0.4 is 9.47 Å². The third-order valence-corrected chi connectivity index (χ3v) is 2.70. The van der Waals surface area contributed by atoms with Crippen LogP contribution in [0.3, 0.4) is 0 Å². The van der Waals surface area contributed by atoms with E-state index in [0.29, 0.717) is 30.1 Å². The smallest absolute Gasteiger partial charge is 0.122 e. The van der Waals surface area contributed by atoms with E-state index in [9.17, 15) is 0 Å². The van der Waals surface area contributed by atoms with Crippen molar-refractivity contribution in [2.75, 3.05) is 13.2 Å². The van der Waals surface area contributed by atoms with Crippen LogP contribution in [-0.2, 0) is 13.2 Å². The van der Waals surface area contributed by atoms with Gasteiger partial charge in [-0.15, -0.1) is 0 Å². The molecule has 4 heteroatoms. The van der Waals surface area contributed by atoms with Crippen molar-refractivity contribution in [1.82, 2.24) is 0 Å². The van der Waals surface area contributed by atoms with Crippen molar-refractivity contribution >= 4 is 0 Å². The van der Waals surface area contributed by atoms with E-state index in [1.165, 1.54) is 0 Å². The molecule has 0 spiro atoms. The molecule has 0 aliphatic rings. The van der Waals surface area contributed by atoms with Gasteiger partial charge in [0.15, 0.2) is 0 Å². The summed E-state index contributed by atoms with van der Waals surface area (Å²) in [4.78, 5) is 0. The van der Waals surface area contributed by atoms with Gasteiger partial charge in [-0.1, -0.05) is 18.2 Å². The predicted molar refractivity (Wildman–Crippen MR) is 74.6 cm³/mol. The minimum absolute atomic E-state index is 0.0821. The molecule has 2 N–H and O–H groups in total. The Morgan fingerprint density at radius 3 is 1.90 bits per heavy atom. The Hall–Kier alpha value is -2.04. The van der Waals surface area contributed by atoms with Gasteiger partial charge >= 0.3 is 0 Å². The summed E-state index contributed by atoms with van der Waals surface area (Å²) < 4.78 is 11.1. The Labute approximate surface area is 118 Å². The third kappa shape index (κ3) is 4.26. The first-order valence-corrected chi connectivity index (χ1v) is 6.38. The molecule has 0 bridgehead atoms. The molecule has 0 saturated carbocycles. The van der Waals surface area contributed by atoms with Gasteiger partial charge in [-0.25, -0.2) is 0 Å². The summed E-state index contributed by atoms with van der Waals surface area (Å²) in [6.45, 7) is 0.641. The number of aliphatic hydroxyl groups excluding tert-OH is 2. The van der Waals surface area contributed by atoms with E-state index in [2.05, 4.69) is 6.07 Å². The van der Waals surface area contributed by atoms with E-state index in [0.717, 1.165) is 5.75 Å². The van der Waals surface area contributed by atoms with E-state index in [1.54, 1.807) is 30.3 Å². The predicted octanol–water partition coefficient (Wildman–Crippen LogP) is 1.93. The van der Waals surface area contributed by atoms with Crippen LogP contribution in [0.5, 0.6) is 11.5 Å². The lowest BCUT2D eigenvalue weighted by Crippen LogP contribution is -2.09. The Bertz CT molecular complexity index is 503. The van der Waals surface area contributed by atoms with Crippen molar-refractivity contribution in [3.8, 4) is 11.5 Å². The molecule has 20 heavy (non-hydrogen) atoms. The lowest BCUT2D eigenvalue weighted by atomic mass is 10.1. The Morgan fingerprint density at radius 1 is 0.800 bits per heavy atom. The Morgan fingerprint density at radius 2 is 1.35 bits per heavy atom. The van der Waals surface area contributed by atoms with Crippen LogP contribution in [0.1, 0.15) is 11.1 Å². The molecule has 0 aliphatic carbocycles. The first-order chi connectivity index (χ1) is 9.81. The topological polar surface area (TPSA) is 58.9 Å². The fourth-order valence-electron chi connectivity index (χ4n) is 1.78. The molecule has 1 radical (unpaired) electrons. The van der Waals surface area contributed by atoms with Crippen LogP contribution in [0.4, 0.5) is 0 Å². The number of benzene rings is 2. The van der Waals surface area contributed by atoms with Gasteiger partial charge in [0, 0.05) is 0 Å². The van der Waals surface area contributed by atoms with Crippen LogP contribution in [0.2, 0.25) is 0 Å². The van der Waals surface area contributed by atoms with E-state index >= 15 is 0 Å². The molecular formula is C16H17O4. The molecule has 2 aromatic carbocycles. The molecular weight excluding hydrogens is 256 g/mol. The van der Waals surface area contributed by atoms with Crippen molar-refractivity contribution < 1.29 is 19.7 Å². The van der Waals surface area contributed by atoms with Crippen LogP contribution >= 0.6 is 0 Å². The van der Waals surface area contributed by atoms with Gasteiger partial charge in [0.1, 0.15) is 24.7 Å². The van der Waals surface area contributed by atoms with E-state index < -0.39 is 0 Å². The van der Waals surface area contributed by atoms with Gasteiger partial charge in [0.25, 0.3) is 0 Å². The fraction of sp³-hybridized carbons (Fsp3) is 0.250. The Balaban J connectivity index is 1.84. The second kappa shape index (κ2) is 7.53. The summed E-state index contributed by atoms with van der Waals surface area (Å²) in [7, 11) is 0. The molecule has 0 aliphatic heterocycles. The minimum Gasteiger partial charge on any atom is -0.490 e. The molecule has 4 nitrogen and oxygen atoms in total. The average Bonchev–Trinajstić information content (AvgIpc) is 2.52. The number of hydrogen-bond donors (Lipinski definition) is 2. The van der Waals surface area contributed by atoms with Crippen LogP contribution in [0, 0.1) is 6.07 Å². The van der Waals surface area contributed by atoms with Gasteiger partial charge in [-0.2, -0.15) is 0 Å². The highest BCUT2D eigenvalue weighted by atomic mass is 16.5. The highest BCUT2D eigenvalue weighted by molar-refractivity contribution is 5.34. The third-order valence-electron chi connectivity index (χ3n) is 2.70. The van der Waals surface area contributed by atoms with Crippen LogP contribution in [-0.4, -0.2) is 23.4 Å². The highest BCUT2D eigenvalue weighted by Crippen LogP contribution is 2.18. The maximum atomic E-state index is 9.14. The Kier molecular flexibility index (Phi) is 5.41. The minimum atomic E-state index is -0.0821. The maximum absolute atomic E-state index is 9.14. The summed E-state index contributed by atoms with van der Waals surface area (Å²) in [6, 6.07) is 15.4. The average molecular weight is 273 g/mol. The lowest BCUT2D eigenvalue weighted by Gasteiger charge is -2.10. The van der Waals surface area contributed by atoms with Crippen molar-refractivity contribution in [2.24, 2.45) is 0 Å². The summed E-state index contributed by atoms with van der Waals surface area (Å²) in [5.74, 6) is 1.39. The monoisotopic (exact) mass is 273 g/mol. The van der Waals surface area contributed by atoms with Crippen LogP contribution in [0.25, 0.3) is 0 Å². The first kappa shape index (κ1) is 14.4. The zero-order valence-corrected chi connectivity index (χ0v) is 11.1. The van der Waals surface area contributed by atoms with Crippen molar-refractivity contribution in [3.05, 3.63) is 59.7 Å². The van der Waals surface area contributed by atoms with Crippen molar-refractivity contribution in [2.45, 2.75) is 13.2 Å². The van der Waals surface area contributed by atoms with Crippen LogP contribution in [0.15, 0.2) is 42.5 Å². The molecule has 0 atom stereocenters. The van der Waals surface area contributed by atoms with E-state index in [-0.39, 0.29) is 13.2 Å². The number of rotatable bonds is 7. The number of ether oxygens (including phenoxy) is 2. The number of aliphatic hydroxyl groups is 2. The van der Waals surface area contributed by atoms with Crippen molar-refractivity contribution in [1.29, 1.82) is 0 Å². The van der Waals surface area contributed by atoms with Gasteiger partial charge in [0.05, 0.1) is 13.2 Å². The van der Waals surface area contributed by atoms with Gasteiger partial charge in [-0.3, -0.25) is 0 Å². The summed E-state index contributed by atoms with van der Waals surface area (Å²) in [5, 5.41) is 18.3. The zero-order valence-electron chi connectivity index (χ0n) is 11.1.